The van der Waals surface area contributed by atoms with Gasteiger partial charge in [-0.2, -0.15) is 0 Å². The first-order valence-electron chi connectivity index (χ1n) is 7.90. The highest BCUT2D eigenvalue weighted by molar-refractivity contribution is 5.21. The van der Waals surface area contributed by atoms with Crippen molar-refractivity contribution >= 4 is 0 Å². The zero-order chi connectivity index (χ0) is 13.1. The van der Waals surface area contributed by atoms with Gasteiger partial charge in [0.25, 0.3) is 0 Å². The van der Waals surface area contributed by atoms with Gasteiger partial charge < -0.3 is 10.2 Å². The lowest BCUT2D eigenvalue weighted by Gasteiger charge is -2.35. The van der Waals surface area contributed by atoms with E-state index >= 15 is 0 Å². The molecule has 1 saturated carbocycles. The molecular weight excluding hydrogens is 232 g/mol. The molecule has 1 aliphatic heterocycles. The van der Waals surface area contributed by atoms with Gasteiger partial charge >= 0.3 is 0 Å². The molecule has 2 aliphatic rings. The summed E-state index contributed by atoms with van der Waals surface area (Å²) in [6.07, 6.45) is 5.48. The van der Waals surface area contributed by atoms with E-state index in [1.807, 2.05) is 0 Å². The molecule has 0 amide bonds. The fourth-order valence-electron chi connectivity index (χ4n) is 3.33. The fraction of sp³-hybridized carbons (Fsp3) is 0.647. The topological polar surface area (TPSA) is 15.3 Å². The summed E-state index contributed by atoms with van der Waals surface area (Å²) in [5.74, 6) is 0.874. The first-order chi connectivity index (χ1) is 9.36. The summed E-state index contributed by atoms with van der Waals surface area (Å²) in [4.78, 5) is 2.58. The number of piperidine rings is 1. The third-order valence-corrected chi connectivity index (χ3v) is 4.62. The van der Waals surface area contributed by atoms with Gasteiger partial charge in [-0.25, -0.2) is 0 Å². The third-order valence-electron chi connectivity index (χ3n) is 4.62. The average Bonchev–Trinajstić information content (AvgIpc) is 3.30. The van der Waals surface area contributed by atoms with Crippen molar-refractivity contribution in [1.82, 2.24) is 10.2 Å². The summed E-state index contributed by atoms with van der Waals surface area (Å²) >= 11 is 0. The Labute approximate surface area is 117 Å². The monoisotopic (exact) mass is 258 g/mol. The molecular formula is C17H26N2. The largest absolute Gasteiger partial charge is 0.306 e. The molecule has 3 rings (SSSR count). The predicted octanol–water partition coefficient (Wildman–Crippen LogP) is 3.21. The lowest BCUT2D eigenvalue weighted by atomic mass is 9.98. The molecule has 1 N–H and O–H groups in total. The molecule has 19 heavy (non-hydrogen) atoms. The highest BCUT2D eigenvalue weighted by atomic mass is 15.2. The first-order valence-corrected chi connectivity index (χ1v) is 7.90. The number of likely N-dealkylation sites (tertiary alicyclic amines) is 1. The molecule has 2 atom stereocenters. The van der Waals surface area contributed by atoms with Gasteiger partial charge in [0, 0.05) is 18.6 Å². The molecule has 1 aromatic rings. The molecule has 1 saturated heterocycles. The number of nitrogens with zero attached hydrogens (tertiary/aromatic N) is 1. The molecule has 1 aromatic carbocycles. The fourth-order valence-corrected chi connectivity index (χ4v) is 3.33. The van der Waals surface area contributed by atoms with Crippen molar-refractivity contribution in [3.63, 3.8) is 0 Å². The molecule has 2 fully saturated rings. The summed E-state index contributed by atoms with van der Waals surface area (Å²) in [5.41, 5.74) is 1.48. The van der Waals surface area contributed by atoms with Crippen LogP contribution in [0.2, 0.25) is 0 Å². The first kappa shape index (κ1) is 13.1. The zero-order valence-corrected chi connectivity index (χ0v) is 12.0. The van der Waals surface area contributed by atoms with Gasteiger partial charge in [0.2, 0.25) is 0 Å². The van der Waals surface area contributed by atoms with Crippen LogP contribution in [0.25, 0.3) is 0 Å². The second kappa shape index (κ2) is 6.06. The van der Waals surface area contributed by atoms with Gasteiger partial charge in [0.15, 0.2) is 0 Å². The van der Waals surface area contributed by atoms with Crippen molar-refractivity contribution < 1.29 is 0 Å². The molecule has 2 heteroatoms. The number of nitrogens with one attached hydrogen (secondary N) is 1. The van der Waals surface area contributed by atoms with Crippen LogP contribution in [0.4, 0.5) is 0 Å². The summed E-state index contributed by atoms with van der Waals surface area (Å²) < 4.78 is 0. The minimum Gasteiger partial charge on any atom is -0.306 e. The van der Waals surface area contributed by atoms with Crippen LogP contribution in [0.5, 0.6) is 0 Å². The molecule has 1 heterocycles. The Bertz CT molecular complexity index is 386. The van der Waals surface area contributed by atoms with Crippen molar-refractivity contribution in [2.45, 2.75) is 44.7 Å². The SMILES string of the molecule is CCN1CCCC(NC(c2ccccc2)C2CC2)C1. The molecule has 2 nitrogen and oxygen atoms in total. The standard InChI is InChI=1S/C17H26N2/c1-2-19-12-6-9-16(13-19)18-17(15-10-11-15)14-7-4-3-5-8-14/h3-5,7-8,15-18H,2,6,9-13H2,1H3. The van der Waals surface area contributed by atoms with E-state index in [9.17, 15) is 0 Å². The maximum atomic E-state index is 3.96. The Morgan fingerprint density at radius 1 is 1.21 bits per heavy atom. The molecule has 104 valence electrons. The Balaban J connectivity index is 1.65. The second-order valence-electron chi connectivity index (χ2n) is 6.12. The number of benzene rings is 1. The normalized spacial score (nSPS) is 26.3. The minimum atomic E-state index is 0.586. The van der Waals surface area contributed by atoms with E-state index in [0.717, 1.165) is 5.92 Å². The van der Waals surface area contributed by atoms with Crippen LogP contribution in [-0.4, -0.2) is 30.6 Å². The van der Waals surface area contributed by atoms with Crippen LogP contribution in [0.15, 0.2) is 30.3 Å². The molecule has 2 unspecified atom stereocenters. The Morgan fingerprint density at radius 2 is 2.00 bits per heavy atom. The van der Waals surface area contributed by atoms with Gasteiger partial charge in [0.05, 0.1) is 0 Å². The summed E-state index contributed by atoms with van der Waals surface area (Å²) in [7, 11) is 0. The van der Waals surface area contributed by atoms with E-state index in [1.165, 1.54) is 50.9 Å². The van der Waals surface area contributed by atoms with Gasteiger partial charge in [-0.05, 0) is 50.3 Å². The molecule has 0 aromatic heterocycles. The summed E-state index contributed by atoms with van der Waals surface area (Å²) in [5, 5.41) is 3.96. The van der Waals surface area contributed by atoms with Gasteiger partial charge in [-0.1, -0.05) is 37.3 Å². The van der Waals surface area contributed by atoms with E-state index in [2.05, 4.69) is 47.5 Å². The molecule has 0 spiro atoms. The van der Waals surface area contributed by atoms with Crippen LogP contribution >= 0.6 is 0 Å². The Kier molecular flexibility index (Phi) is 4.19. The van der Waals surface area contributed by atoms with E-state index in [4.69, 9.17) is 0 Å². The number of hydrogen-bond donors (Lipinski definition) is 1. The molecule has 0 bridgehead atoms. The van der Waals surface area contributed by atoms with E-state index in [1.54, 1.807) is 0 Å². The lowest BCUT2D eigenvalue weighted by Crippen LogP contribution is -2.47. The van der Waals surface area contributed by atoms with Crippen molar-refractivity contribution in [1.29, 1.82) is 0 Å². The predicted molar refractivity (Wildman–Crippen MR) is 80.2 cm³/mol. The van der Waals surface area contributed by atoms with E-state index < -0.39 is 0 Å². The van der Waals surface area contributed by atoms with Gasteiger partial charge in [-0.15, -0.1) is 0 Å². The van der Waals surface area contributed by atoms with Crippen LogP contribution in [0, 0.1) is 5.92 Å². The maximum Gasteiger partial charge on any atom is 0.0351 e. The van der Waals surface area contributed by atoms with Crippen molar-refractivity contribution in [3.8, 4) is 0 Å². The zero-order valence-electron chi connectivity index (χ0n) is 12.0. The van der Waals surface area contributed by atoms with Crippen LogP contribution in [0.1, 0.15) is 44.2 Å². The highest BCUT2D eigenvalue weighted by Gasteiger charge is 2.34. The number of hydrogen-bond acceptors (Lipinski definition) is 2. The summed E-state index contributed by atoms with van der Waals surface area (Å²) in [6, 6.07) is 12.3. The molecule has 1 aliphatic carbocycles. The maximum absolute atomic E-state index is 3.96. The van der Waals surface area contributed by atoms with Crippen LogP contribution < -0.4 is 5.32 Å². The van der Waals surface area contributed by atoms with E-state index in [-0.39, 0.29) is 0 Å². The lowest BCUT2D eigenvalue weighted by molar-refractivity contribution is 0.187. The Hall–Kier alpha value is -0.860. The number of likely N-dealkylation sites (N-methyl/N-ethyl adjacent to an activating group) is 1. The second-order valence-corrected chi connectivity index (χ2v) is 6.12. The highest BCUT2D eigenvalue weighted by Crippen LogP contribution is 2.41. The Morgan fingerprint density at radius 3 is 2.68 bits per heavy atom. The van der Waals surface area contributed by atoms with Crippen molar-refractivity contribution in [2.24, 2.45) is 5.92 Å². The van der Waals surface area contributed by atoms with Gasteiger partial charge in [-0.3, -0.25) is 0 Å². The van der Waals surface area contributed by atoms with Crippen LogP contribution in [-0.2, 0) is 0 Å². The number of rotatable bonds is 5. The average molecular weight is 258 g/mol. The van der Waals surface area contributed by atoms with Crippen molar-refractivity contribution in [2.75, 3.05) is 19.6 Å². The van der Waals surface area contributed by atoms with E-state index in [0.29, 0.717) is 12.1 Å². The molecule has 0 radical (unpaired) electrons. The van der Waals surface area contributed by atoms with Crippen LogP contribution in [0.3, 0.4) is 0 Å². The summed E-state index contributed by atoms with van der Waals surface area (Å²) in [6.45, 7) is 5.98. The minimum absolute atomic E-state index is 0.586. The third kappa shape index (κ3) is 3.37. The van der Waals surface area contributed by atoms with Crippen molar-refractivity contribution in [3.05, 3.63) is 35.9 Å². The van der Waals surface area contributed by atoms with Gasteiger partial charge in [0.1, 0.15) is 0 Å². The smallest absolute Gasteiger partial charge is 0.0351 e. The quantitative estimate of drug-likeness (QED) is 0.872.